The molecule has 0 bridgehead atoms. The Labute approximate surface area is 148 Å². The van der Waals surface area contributed by atoms with Crippen LogP contribution >= 0.6 is 11.8 Å². The van der Waals surface area contributed by atoms with Crippen molar-refractivity contribution in [1.29, 1.82) is 0 Å². The van der Waals surface area contributed by atoms with Gasteiger partial charge in [0.25, 0.3) is 0 Å². The Bertz CT molecular complexity index is 672. The van der Waals surface area contributed by atoms with Gasteiger partial charge in [0.2, 0.25) is 5.91 Å². The molecular formula is C19H25N3OS. The van der Waals surface area contributed by atoms with Crippen LogP contribution in [0.4, 0.5) is 5.82 Å². The molecule has 1 N–H and O–H groups in total. The Morgan fingerprint density at radius 3 is 2.62 bits per heavy atom. The highest BCUT2D eigenvalue weighted by Gasteiger charge is 2.20. The number of carbonyl (C=O) groups excluding carboxylic acids is 1. The maximum atomic E-state index is 12.3. The van der Waals surface area contributed by atoms with Crippen molar-refractivity contribution in [1.82, 2.24) is 9.78 Å². The van der Waals surface area contributed by atoms with Crippen LogP contribution in [0.3, 0.4) is 0 Å². The molecular weight excluding hydrogens is 318 g/mol. The van der Waals surface area contributed by atoms with Crippen molar-refractivity contribution in [2.24, 2.45) is 0 Å². The zero-order valence-electron chi connectivity index (χ0n) is 14.4. The van der Waals surface area contributed by atoms with Crippen LogP contribution in [0, 0.1) is 0 Å². The summed E-state index contributed by atoms with van der Waals surface area (Å²) < 4.78 is 1.98. The minimum atomic E-state index is 0.0210. The van der Waals surface area contributed by atoms with Crippen LogP contribution in [0.15, 0.2) is 41.4 Å². The van der Waals surface area contributed by atoms with Gasteiger partial charge in [0.15, 0.2) is 0 Å². The lowest BCUT2D eigenvalue weighted by molar-refractivity contribution is -0.113. The lowest BCUT2D eigenvalue weighted by Crippen LogP contribution is -2.19. The lowest BCUT2D eigenvalue weighted by atomic mass is 10.0. The van der Waals surface area contributed by atoms with Crippen molar-refractivity contribution in [2.75, 3.05) is 11.1 Å². The van der Waals surface area contributed by atoms with E-state index in [1.54, 1.807) is 18.0 Å². The minimum absolute atomic E-state index is 0.0210. The van der Waals surface area contributed by atoms with Gasteiger partial charge in [-0.15, -0.1) is 11.8 Å². The second-order valence-corrected chi connectivity index (χ2v) is 7.71. The van der Waals surface area contributed by atoms with E-state index in [0.717, 1.165) is 23.6 Å². The summed E-state index contributed by atoms with van der Waals surface area (Å²) >= 11 is 1.57. The molecule has 1 amide bonds. The lowest BCUT2D eigenvalue weighted by Gasteiger charge is -2.14. The van der Waals surface area contributed by atoms with E-state index in [0.29, 0.717) is 17.7 Å². The first-order valence-electron chi connectivity index (χ1n) is 8.69. The molecule has 0 aliphatic heterocycles. The largest absolute Gasteiger partial charge is 0.310 e. The number of thioether (sulfide) groups is 1. The summed E-state index contributed by atoms with van der Waals surface area (Å²) in [7, 11) is 0. The number of hydrogen-bond acceptors (Lipinski definition) is 3. The molecule has 1 aromatic carbocycles. The van der Waals surface area contributed by atoms with Crippen LogP contribution in [0.1, 0.15) is 57.1 Å². The zero-order valence-corrected chi connectivity index (χ0v) is 15.2. The SMILES string of the molecule is CC(C)c1ccc(SCC(=O)Nc2ccnn2C2CCCC2)cc1. The molecule has 4 nitrogen and oxygen atoms in total. The molecule has 24 heavy (non-hydrogen) atoms. The highest BCUT2D eigenvalue weighted by atomic mass is 32.2. The van der Waals surface area contributed by atoms with E-state index < -0.39 is 0 Å². The molecule has 1 saturated carbocycles. The van der Waals surface area contributed by atoms with Crippen molar-refractivity contribution in [3.05, 3.63) is 42.1 Å². The molecule has 128 valence electrons. The van der Waals surface area contributed by atoms with Crippen molar-refractivity contribution < 1.29 is 4.79 Å². The van der Waals surface area contributed by atoms with Crippen molar-refractivity contribution >= 4 is 23.5 Å². The Kier molecular flexibility index (Phi) is 5.61. The van der Waals surface area contributed by atoms with Crippen LogP contribution in [0.2, 0.25) is 0 Å². The third-order valence-electron chi connectivity index (χ3n) is 4.53. The third kappa shape index (κ3) is 4.20. The average Bonchev–Trinajstić information content (AvgIpc) is 3.24. The fraction of sp³-hybridized carbons (Fsp3) is 0.474. The van der Waals surface area contributed by atoms with Crippen molar-refractivity contribution in [2.45, 2.75) is 56.4 Å². The predicted molar refractivity (Wildman–Crippen MR) is 99.6 cm³/mol. The molecule has 0 radical (unpaired) electrons. The first-order chi connectivity index (χ1) is 11.6. The summed E-state index contributed by atoms with van der Waals surface area (Å²) in [5, 5.41) is 7.40. The maximum absolute atomic E-state index is 12.3. The van der Waals surface area contributed by atoms with Crippen LogP contribution in [0.5, 0.6) is 0 Å². The van der Waals surface area contributed by atoms with E-state index >= 15 is 0 Å². The molecule has 3 rings (SSSR count). The normalized spacial score (nSPS) is 15.1. The molecule has 1 aromatic heterocycles. The van der Waals surface area contributed by atoms with Crippen molar-refractivity contribution in [3.63, 3.8) is 0 Å². The van der Waals surface area contributed by atoms with Gasteiger partial charge in [0, 0.05) is 11.0 Å². The second-order valence-electron chi connectivity index (χ2n) is 6.66. The third-order valence-corrected chi connectivity index (χ3v) is 5.54. The number of benzene rings is 1. The number of anilines is 1. The highest BCUT2D eigenvalue weighted by Crippen LogP contribution is 2.31. The molecule has 0 spiro atoms. The number of carbonyl (C=O) groups is 1. The summed E-state index contributed by atoms with van der Waals surface area (Å²) in [5.74, 6) is 1.79. The molecule has 0 saturated heterocycles. The topological polar surface area (TPSA) is 46.9 Å². The van der Waals surface area contributed by atoms with Gasteiger partial charge in [-0.2, -0.15) is 5.10 Å². The molecule has 1 aliphatic carbocycles. The summed E-state index contributed by atoms with van der Waals surface area (Å²) in [6, 6.07) is 10.8. The van der Waals surface area contributed by atoms with Crippen molar-refractivity contribution in [3.8, 4) is 0 Å². The Morgan fingerprint density at radius 1 is 1.25 bits per heavy atom. The number of hydrogen-bond donors (Lipinski definition) is 1. The van der Waals surface area contributed by atoms with Crippen LogP contribution in [-0.4, -0.2) is 21.4 Å². The van der Waals surface area contributed by atoms with Gasteiger partial charge in [-0.1, -0.05) is 38.8 Å². The smallest absolute Gasteiger partial charge is 0.235 e. The minimum Gasteiger partial charge on any atom is -0.310 e. The quantitative estimate of drug-likeness (QED) is 0.763. The van der Waals surface area contributed by atoms with Crippen LogP contribution in [0.25, 0.3) is 0 Å². The molecule has 5 heteroatoms. The first kappa shape index (κ1) is 17.1. The predicted octanol–water partition coefficient (Wildman–Crippen LogP) is 4.85. The molecule has 1 aliphatic rings. The molecule has 1 fully saturated rings. The maximum Gasteiger partial charge on any atom is 0.235 e. The van der Waals surface area contributed by atoms with Gasteiger partial charge >= 0.3 is 0 Å². The fourth-order valence-electron chi connectivity index (χ4n) is 3.13. The van der Waals surface area contributed by atoms with Gasteiger partial charge in [0.1, 0.15) is 5.82 Å². The number of nitrogens with zero attached hydrogens (tertiary/aromatic N) is 2. The average molecular weight is 343 g/mol. The molecule has 1 heterocycles. The van der Waals surface area contributed by atoms with E-state index in [1.807, 2.05) is 10.7 Å². The number of nitrogens with one attached hydrogen (secondary N) is 1. The Balaban J connectivity index is 1.53. The highest BCUT2D eigenvalue weighted by molar-refractivity contribution is 8.00. The standard InChI is InChI=1S/C19H25N3OS/c1-14(2)15-7-9-17(10-8-15)24-13-19(23)21-18-11-12-20-22(18)16-5-3-4-6-16/h7-12,14,16H,3-6,13H2,1-2H3,(H,21,23). The fourth-order valence-corrected chi connectivity index (χ4v) is 3.83. The van der Waals surface area contributed by atoms with Gasteiger partial charge in [-0.05, 0) is 36.5 Å². The monoisotopic (exact) mass is 343 g/mol. The Hall–Kier alpha value is -1.75. The van der Waals surface area contributed by atoms with Gasteiger partial charge in [0.05, 0.1) is 18.0 Å². The Morgan fingerprint density at radius 2 is 1.96 bits per heavy atom. The van der Waals surface area contributed by atoms with E-state index in [4.69, 9.17) is 0 Å². The van der Waals surface area contributed by atoms with Crippen LogP contribution < -0.4 is 5.32 Å². The van der Waals surface area contributed by atoms with E-state index in [1.165, 1.54) is 18.4 Å². The van der Waals surface area contributed by atoms with Gasteiger partial charge < -0.3 is 5.32 Å². The van der Waals surface area contributed by atoms with E-state index in [2.05, 4.69) is 48.5 Å². The summed E-state index contributed by atoms with van der Waals surface area (Å²) in [6.45, 7) is 4.37. The first-order valence-corrected chi connectivity index (χ1v) is 9.68. The number of amides is 1. The van der Waals surface area contributed by atoms with Gasteiger partial charge in [-0.25, -0.2) is 4.68 Å². The van der Waals surface area contributed by atoms with E-state index in [-0.39, 0.29) is 5.91 Å². The van der Waals surface area contributed by atoms with E-state index in [9.17, 15) is 4.79 Å². The van der Waals surface area contributed by atoms with Gasteiger partial charge in [-0.3, -0.25) is 4.79 Å². The molecule has 0 atom stereocenters. The zero-order chi connectivity index (χ0) is 16.9. The second kappa shape index (κ2) is 7.88. The molecule has 0 unspecified atom stereocenters. The summed E-state index contributed by atoms with van der Waals surface area (Å²) in [6.07, 6.45) is 6.58. The number of rotatable bonds is 6. The van der Waals surface area contributed by atoms with Crippen LogP contribution in [-0.2, 0) is 4.79 Å². The summed E-state index contributed by atoms with van der Waals surface area (Å²) in [4.78, 5) is 13.4. The number of aromatic nitrogens is 2. The summed E-state index contributed by atoms with van der Waals surface area (Å²) in [5.41, 5.74) is 1.32. The molecule has 2 aromatic rings.